The maximum atomic E-state index is 13.9. The van der Waals surface area contributed by atoms with Gasteiger partial charge in [0.25, 0.3) is 0 Å². The molecule has 1 N–H and O–H groups in total. The smallest absolute Gasteiger partial charge is 0.243 e. The van der Waals surface area contributed by atoms with Crippen LogP contribution in [0.2, 0.25) is 0 Å². The number of aromatic nitrogens is 2. The molecular weight excluding hydrogens is 467 g/mol. The molecule has 186 valence electrons. The quantitative estimate of drug-likeness (QED) is 0.561. The zero-order valence-corrected chi connectivity index (χ0v) is 21.3. The summed E-state index contributed by atoms with van der Waals surface area (Å²) in [6.07, 6.45) is 4.22. The van der Waals surface area contributed by atoms with E-state index in [1.807, 2.05) is 40.0 Å². The number of nitrogens with zero attached hydrogens (tertiary/aromatic N) is 3. The van der Waals surface area contributed by atoms with Gasteiger partial charge < -0.3 is 9.88 Å². The number of nitrogens with one attached hydrogen (secondary N) is 1. The fourth-order valence-corrected chi connectivity index (χ4v) is 6.84. The van der Waals surface area contributed by atoms with Gasteiger partial charge in [0, 0.05) is 38.4 Å². The van der Waals surface area contributed by atoms with E-state index in [0.29, 0.717) is 29.1 Å². The van der Waals surface area contributed by atoms with E-state index in [1.54, 1.807) is 29.1 Å². The lowest BCUT2D eigenvalue weighted by atomic mass is 9.96. The fourth-order valence-electron chi connectivity index (χ4n) is 4.96. The first-order chi connectivity index (χ1) is 16.6. The summed E-state index contributed by atoms with van der Waals surface area (Å²) in [5.41, 5.74) is 3.08. The molecule has 1 saturated heterocycles. The lowest BCUT2D eigenvalue weighted by molar-refractivity contribution is -0.126. The van der Waals surface area contributed by atoms with Crippen molar-refractivity contribution in [3.63, 3.8) is 0 Å². The molecule has 4 rings (SSSR count). The lowest BCUT2D eigenvalue weighted by Crippen LogP contribution is -2.44. The van der Waals surface area contributed by atoms with Gasteiger partial charge in [0.2, 0.25) is 15.9 Å². The third-order valence-electron chi connectivity index (χ3n) is 6.61. The molecule has 35 heavy (non-hydrogen) atoms. The summed E-state index contributed by atoms with van der Waals surface area (Å²) < 4.78 is 44.0. The molecule has 2 aromatic carbocycles. The van der Waals surface area contributed by atoms with E-state index in [0.717, 1.165) is 16.7 Å². The van der Waals surface area contributed by atoms with E-state index in [9.17, 15) is 17.6 Å². The molecule has 0 aliphatic carbocycles. The van der Waals surface area contributed by atoms with Crippen LogP contribution in [-0.4, -0.2) is 41.3 Å². The van der Waals surface area contributed by atoms with Crippen molar-refractivity contribution < 1.29 is 17.6 Å². The van der Waals surface area contributed by atoms with Crippen LogP contribution in [0.4, 0.5) is 4.39 Å². The SMILES string of the molecule is Cc1cc(C)c(S(=O)(=O)N2CCC(C(=O)N[C@H](c3cccc(F)c3)c3nccn3C)CC2)c(C)c1. The second-order valence-corrected chi connectivity index (χ2v) is 11.2. The number of carbonyl (C=O) groups is 1. The van der Waals surface area contributed by atoms with Crippen molar-refractivity contribution in [3.05, 3.63) is 82.7 Å². The summed E-state index contributed by atoms with van der Waals surface area (Å²) in [5, 5.41) is 3.03. The molecule has 9 heteroatoms. The highest BCUT2D eigenvalue weighted by atomic mass is 32.2. The number of hydrogen-bond donors (Lipinski definition) is 1. The standard InChI is InChI=1S/C26H31FN4O3S/c1-17-14-18(2)24(19(3)15-17)35(33,34)31-11-8-20(9-12-31)26(32)29-23(25-28-10-13-30(25)4)21-6-5-7-22(27)16-21/h5-7,10,13-16,20,23H,8-9,11-12H2,1-4H3,(H,29,32)/t23-/m1/s1. The summed E-state index contributed by atoms with van der Waals surface area (Å²) in [4.78, 5) is 17.9. The number of rotatable bonds is 6. The highest BCUT2D eigenvalue weighted by Gasteiger charge is 2.35. The predicted molar refractivity (Wildman–Crippen MR) is 132 cm³/mol. The van der Waals surface area contributed by atoms with Crippen molar-refractivity contribution in [1.82, 2.24) is 19.2 Å². The molecule has 1 atom stereocenters. The minimum absolute atomic E-state index is 0.193. The van der Waals surface area contributed by atoms with Crippen LogP contribution in [0.5, 0.6) is 0 Å². The lowest BCUT2D eigenvalue weighted by Gasteiger charge is -2.32. The van der Waals surface area contributed by atoms with Crippen LogP contribution < -0.4 is 5.32 Å². The Morgan fingerprint density at radius 1 is 1.11 bits per heavy atom. The molecule has 1 aliphatic rings. The maximum Gasteiger partial charge on any atom is 0.243 e. The minimum atomic E-state index is -3.65. The molecule has 0 spiro atoms. The van der Waals surface area contributed by atoms with Crippen LogP contribution in [0, 0.1) is 32.5 Å². The number of benzene rings is 2. The van der Waals surface area contributed by atoms with Gasteiger partial charge in [-0.25, -0.2) is 17.8 Å². The van der Waals surface area contributed by atoms with Gasteiger partial charge in [-0.3, -0.25) is 4.79 Å². The molecular formula is C26H31FN4O3S. The minimum Gasteiger partial charge on any atom is -0.342 e. The first-order valence-electron chi connectivity index (χ1n) is 11.7. The van der Waals surface area contributed by atoms with E-state index in [4.69, 9.17) is 0 Å². The molecule has 0 saturated carbocycles. The van der Waals surface area contributed by atoms with Gasteiger partial charge >= 0.3 is 0 Å². The number of amides is 1. The molecule has 0 bridgehead atoms. The number of halogens is 1. The number of hydrogen-bond acceptors (Lipinski definition) is 4. The third kappa shape index (κ3) is 5.16. The summed E-state index contributed by atoms with van der Waals surface area (Å²) >= 11 is 0. The van der Waals surface area contributed by atoms with E-state index in [-0.39, 0.29) is 24.9 Å². The molecule has 1 fully saturated rings. The molecule has 0 radical (unpaired) electrons. The average molecular weight is 499 g/mol. The van der Waals surface area contributed by atoms with Gasteiger partial charge in [0.05, 0.1) is 4.90 Å². The van der Waals surface area contributed by atoms with Crippen LogP contribution in [0.1, 0.15) is 47.0 Å². The largest absolute Gasteiger partial charge is 0.342 e. The summed E-state index contributed by atoms with van der Waals surface area (Å²) in [5.74, 6) is -0.342. The molecule has 1 amide bonds. The Balaban J connectivity index is 1.49. The van der Waals surface area contributed by atoms with Crippen LogP contribution in [0.15, 0.2) is 53.7 Å². The van der Waals surface area contributed by atoms with Gasteiger partial charge in [-0.15, -0.1) is 0 Å². The highest BCUT2D eigenvalue weighted by molar-refractivity contribution is 7.89. The zero-order valence-electron chi connectivity index (χ0n) is 20.5. The molecule has 1 aromatic heterocycles. The van der Waals surface area contributed by atoms with E-state index in [1.165, 1.54) is 16.4 Å². The Morgan fingerprint density at radius 2 is 1.77 bits per heavy atom. The molecule has 0 unspecified atom stereocenters. The van der Waals surface area contributed by atoms with E-state index >= 15 is 0 Å². The Kier molecular flexibility index (Phi) is 7.10. The van der Waals surface area contributed by atoms with Gasteiger partial charge in [-0.05, 0) is 62.4 Å². The number of aryl methyl sites for hydroxylation is 4. The van der Waals surface area contributed by atoms with Crippen molar-refractivity contribution in [2.24, 2.45) is 13.0 Å². The van der Waals surface area contributed by atoms with Crippen LogP contribution in [-0.2, 0) is 21.9 Å². The van der Waals surface area contributed by atoms with E-state index in [2.05, 4.69) is 10.3 Å². The van der Waals surface area contributed by atoms with Crippen molar-refractivity contribution in [2.75, 3.05) is 13.1 Å². The Labute approximate surface area is 206 Å². The topological polar surface area (TPSA) is 84.3 Å². The van der Waals surface area contributed by atoms with Crippen molar-refractivity contribution in [2.45, 2.75) is 44.6 Å². The Hall–Kier alpha value is -3.04. The normalized spacial score (nSPS) is 16.3. The first-order valence-corrected chi connectivity index (χ1v) is 13.1. The molecule has 3 aromatic rings. The molecule has 7 nitrogen and oxygen atoms in total. The Bertz CT molecular complexity index is 1320. The summed E-state index contributed by atoms with van der Waals surface area (Å²) in [6, 6.07) is 9.25. The van der Waals surface area contributed by atoms with Crippen LogP contribution in [0.25, 0.3) is 0 Å². The summed E-state index contributed by atoms with van der Waals surface area (Å²) in [6.45, 7) is 6.11. The van der Waals surface area contributed by atoms with Crippen molar-refractivity contribution >= 4 is 15.9 Å². The van der Waals surface area contributed by atoms with Gasteiger partial charge in [-0.2, -0.15) is 4.31 Å². The van der Waals surface area contributed by atoms with Gasteiger partial charge in [0.1, 0.15) is 17.7 Å². The zero-order chi connectivity index (χ0) is 25.3. The second-order valence-electron chi connectivity index (χ2n) is 9.30. The molecule has 1 aliphatic heterocycles. The number of carbonyl (C=O) groups excluding carboxylic acids is 1. The number of sulfonamides is 1. The van der Waals surface area contributed by atoms with Crippen LogP contribution >= 0.6 is 0 Å². The monoisotopic (exact) mass is 498 g/mol. The predicted octanol–water partition coefficient (Wildman–Crippen LogP) is 3.79. The van der Waals surface area contributed by atoms with Gasteiger partial charge in [-0.1, -0.05) is 29.8 Å². The first kappa shape index (κ1) is 25.1. The average Bonchev–Trinajstić information content (AvgIpc) is 3.22. The number of imidazole rings is 1. The van der Waals surface area contributed by atoms with Crippen molar-refractivity contribution in [3.8, 4) is 0 Å². The molecule has 2 heterocycles. The van der Waals surface area contributed by atoms with Crippen molar-refractivity contribution in [1.29, 1.82) is 0 Å². The second kappa shape index (κ2) is 9.91. The van der Waals surface area contributed by atoms with Gasteiger partial charge in [0.15, 0.2) is 0 Å². The summed E-state index contributed by atoms with van der Waals surface area (Å²) in [7, 11) is -1.84. The fraction of sp³-hybridized carbons (Fsp3) is 0.385. The maximum absolute atomic E-state index is 13.9. The van der Waals surface area contributed by atoms with Crippen LogP contribution in [0.3, 0.4) is 0 Å². The Morgan fingerprint density at radius 3 is 2.34 bits per heavy atom. The highest BCUT2D eigenvalue weighted by Crippen LogP contribution is 2.30. The number of piperidine rings is 1. The third-order valence-corrected chi connectivity index (χ3v) is 8.82. The van der Waals surface area contributed by atoms with E-state index < -0.39 is 21.9 Å².